The van der Waals surface area contributed by atoms with Gasteiger partial charge in [-0.1, -0.05) is 59.4 Å². The van der Waals surface area contributed by atoms with Gasteiger partial charge in [-0.05, 0) is 26.0 Å². The zero-order valence-electron chi connectivity index (χ0n) is 13.9. The van der Waals surface area contributed by atoms with Crippen molar-refractivity contribution in [3.05, 3.63) is 80.9 Å². The molecule has 4 nitrogen and oxygen atoms in total. The van der Waals surface area contributed by atoms with Crippen molar-refractivity contribution in [2.24, 2.45) is 0 Å². The summed E-state index contributed by atoms with van der Waals surface area (Å²) in [6.07, 6.45) is 0. The smallest absolute Gasteiger partial charge is 0.313 e. The summed E-state index contributed by atoms with van der Waals surface area (Å²) in [4.78, 5) is 16.9. The number of oxazole rings is 1. The number of hydrogen-bond acceptors (Lipinski definition) is 4. The van der Waals surface area contributed by atoms with Gasteiger partial charge in [0, 0.05) is 22.2 Å². The van der Waals surface area contributed by atoms with Crippen molar-refractivity contribution in [1.82, 2.24) is 9.55 Å². The Morgan fingerprint density at radius 2 is 1.68 bits per heavy atom. The normalized spacial score (nSPS) is 11.0. The largest absolute Gasteiger partial charge is 0.434 e. The highest BCUT2D eigenvalue weighted by Gasteiger charge is 2.20. The van der Waals surface area contributed by atoms with Crippen LogP contribution in [0.1, 0.15) is 11.3 Å². The Kier molecular flexibility index (Phi) is 3.86. The number of aryl methyl sites for hydroxylation is 2. The summed E-state index contributed by atoms with van der Waals surface area (Å²) in [6.45, 7) is 3.93. The van der Waals surface area contributed by atoms with E-state index >= 15 is 0 Å². The van der Waals surface area contributed by atoms with E-state index in [0.717, 1.165) is 28.2 Å². The third-order valence-electron chi connectivity index (χ3n) is 4.02. The molecule has 0 saturated heterocycles. The summed E-state index contributed by atoms with van der Waals surface area (Å²) >= 11 is 1.16. The van der Waals surface area contributed by atoms with Crippen LogP contribution in [0.2, 0.25) is 0 Å². The van der Waals surface area contributed by atoms with E-state index in [9.17, 15) is 4.79 Å². The van der Waals surface area contributed by atoms with Gasteiger partial charge in [-0.3, -0.25) is 9.36 Å². The second kappa shape index (κ2) is 6.18. The van der Waals surface area contributed by atoms with Crippen LogP contribution >= 0.6 is 11.3 Å². The molecule has 0 radical (unpaired) electrons. The van der Waals surface area contributed by atoms with Crippen LogP contribution in [0.3, 0.4) is 0 Å². The van der Waals surface area contributed by atoms with Crippen LogP contribution in [0.4, 0.5) is 0 Å². The molecule has 25 heavy (non-hydrogen) atoms. The minimum Gasteiger partial charge on any atom is -0.434 e. The molecule has 0 saturated carbocycles. The summed E-state index contributed by atoms with van der Waals surface area (Å²) in [7, 11) is 0. The fraction of sp³-hybridized carbons (Fsp3) is 0.100. The molecule has 124 valence electrons. The van der Waals surface area contributed by atoms with Gasteiger partial charge in [0.2, 0.25) is 5.89 Å². The highest BCUT2D eigenvalue weighted by molar-refractivity contribution is 7.07. The Balaban J connectivity index is 1.96. The molecule has 0 fully saturated rings. The molecular weight excluding hydrogens is 332 g/mol. The summed E-state index contributed by atoms with van der Waals surface area (Å²) in [6, 6.07) is 17.7. The van der Waals surface area contributed by atoms with E-state index < -0.39 is 0 Å². The predicted molar refractivity (Wildman–Crippen MR) is 100 cm³/mol. The third kappa shape index (κ3) is 2.83. The molecule has 4 rings (SSSR count). The predicted octanol–water partition coefficient (Wildman–Crippen LogP) is 4.84. The number of nitrogens with zero attached hydrogens (tertiary/aromatic N) is 2. The van der Waals surface area contributed by atoms with Crippen LogP contribution in [0.25, 0.3) is 28.6 Å². The molecule has 0 bridgehead atoms. The van der Waals surface area contributed by atoms with Gasteiger partial charge in [0.25, 0.3) is 0 Å². The number of hydrogen-bond donors (Lipinski definition) is 0. The zero-order valence-corrected chi connectivity index (χ0v) is 14.7. The first-order valence-corrected chi connectivity index (χ1v) is 8.82. The molecule has 2 aromatic carbocycles. The van der Waals surface area contributed by atoms with Crippen molar-refractivity contribution in [2.45, 2.75) is 13.8 Å². The fourth-order valence-corrected chi connectivity index (χ4v) is 3.41. The number of thiazole rings is 1. The van der Waals surface area contributed by atoms with Crippen molar-refractivity contribution < 1.29 is 4.42 Å². The standard InChI is InChI=1S/C20H16N2O2S/c1-13-8-10-16(11-9-13)19-21-18(22-14(2)12-25-20(22)23)17(24-19)15-6-4-3-5-7-15/h3-12H,1-2H3. The van der Waals surface area contributed by atoms with Gasteiger partial charge in [-0.15, -0.1) is 0 Å². The molecule has 0 spiro atoms. The van der Waals surface area contributed by atoms with Crippen LogP contribution in [-0.2, 0) is 0 Å². The van der Waals surface area contributed by atoms with E-state index in [1.165, 1.54) is 5.56 Å². The molecule has 0 amide bonds. The van der Waals surface area contributed by atoms with E-state index in [4.69, 9.17) is 4.42 Å². The van der Waals surface area contributed by atoms with Gasteiger partial charge >= 0.3 is 4.87 Å². The Labute approximate surface area is 149 Å². The Bertz CT molecular complexity index is 1070. The molecule has 0 unspecified atom stereocenters. The van der Waals surface area contributed by atoms with E-state index in [-0.39, 0.29) is 4.87 Å². The van der Waals surface area contributed by atoms with Crippen LogP contribution in [0, 0.1) is 13.8 Å². The first kappa shape index (κ1) is 15.6. The van der Waals surface area contributed by atoms with Crippen molar-refractivity contribution in [3.63, 3.8) is 0 Å². The second-order valence-electron chi connectivity index (χ2n) is 5.88. The Morgan fingerprint density at radius 3 is 2.32 bits per heavy atom. The van der Waals surface area contributed by atoms with E-state index in [0.29, 0.717) is 17.5 Å². The molecular formula is C20H16N2O2S. The van der Waals surface area contributed by atoms with Crippen LogP contribution < -0.4 is 4.87 Å². The zero-order chi connectivity index (χ0) is 17.4. The summed E-state index contributed by atoms with van der Waals surface area (Å²) in [5, 5.41) is 1.83. The number of rotatable bonds is 3. The lowest BCUT2D eigenvalue weighted by Crippen LogP contribution is -2.13. The van der Waals surface area contributed by atoms with Crippen LogP contribution in [0.5, 0.6) is 0 Å². The molecule has 0 N–H and O–H groups in total. The maximum atomic E-state index is 12.3. The number of aromatic nitrogens is 2. The van der Waals surface area contributed by atoms with Gasteiger partial charge in [-0.25, -0.2) is 0 Å². The molecule has 2 aromatic heterocycles. The minimum absolute atomic E-state index is 0.0709. The van der Waals surface area contributed by atoms with Gasteiger partial charge < -0.3 is 4.42 Å². The second-order valence-corrected chi connectivity index (χ2v) is 6.70. The molecule has 4 aromatic rings. The molecule has 0 atom stereocenters. The van der Waals surface area contributed by atoms with Crippen molar-refractivity contribution in [3.8, 4) is 28.6 Å². The molecule has 5 heteroatoms. The van der Waals surface area contributed by atoms with Crippen LogP contribution in [-0.4, -0.2) is 9.55 Å². The van der Waals surface area contributed by atoms with E-state index in [1.54, 1.807) is 4.57 Å². The third-order valence-corrected chi connectivity index (χ3v) is 4.86. The minimum atomic E-state index is -0.0709. The van der Waals surface area contributed by atoms with Crippen LogP contribution in [0.15, 0.2) is 69.2 Å². The fourth-order valence-electron chi connectivity index (χ4n) is 2.70. The van der Waals surface area contributed by atoms with Gasteiger partial charge in [-0.2, -0.15) is 4.98 Å². The maximum Gasteiger partial charge on any atom is 0.313 e. The summed E-state index contributed by atoms with van der Waals surface area (Å²) < 4.78 is 7.70. The van der Waals surface area contributed by atoms with Gasteiger partial charge in [0.15, 0.2) is 11.6 Å². The SMILES string of the molecule is Cc1ccc(-c2nc(-n3c(C)csc3=O)c(-c3ccccc3)o2)cc1. The first-order chi connectivity index (χ1) is 12.1. The Hall–Kier alpha value is -2.92. The van der Waals surface area contributed by atoms with Crippen molar-refractivity contribution in [2.75, 3.05) is 0 Å². The van der Waals surface area contributed by atoms with E-state index in [1.807, 2.05) is 73.8 Å². The van der Waals surface area contributed by atoms with Crippen molar-refractivity contribution in [1.29, 1.82) is 0 Å². The lowest BCUT2D eigenvalue weighted by Gasteiger charge is -2.02. The lowest BCUT2D eigenvalue weighted by molar-refractivity contribution is 0.588. The van der Waals surface area contributed by atoms with Gasteiger partial charge in [0.1, 0.15) is 0 Å². The molecule has 0 aliphatic carbocycles. The monoisotopic (exact) mass is 348 g/mol. The summed E-state index contributed by atoms with van der Waals surface area (Å²) in [5.41, 5.74) is 3.79. The van der Waals surface area contributed by atoms with Gasteiger partial charge in [0.05, 0.1) is 0 Å². The molecule has 2 heterocycles. The quantitative estimate of drug-likeness (QED) is 0.532. The average Bonchev–Trinajstić information content (AvgIpc) is 3.20. The topological polar surface area (TPSA) is 48.0 Å². The number of benzene rings is 2. The highest BCUT2D eigenvalue weighted by Crippen LogP contribution is 2.32. The maximum absolute atomic E-state index is 12.3. The highest BCUT2D eigenvalue weighted by atomic mass is 32.1. The van der Waals surface area contributed by atoms with Crippen molar-refractivity contribution >= 4 is 11.3 Å². The molecule has 0 aliphatic heterocycles. The average molecular weight is 348 g/mol. The molecule has 0 aliphatic rings. The first-order valence-electron chi connectivity index (χ1n) is 7.94. The lowest BCUT2D eigenvalue weighted by atomic mass is 10.1. The Morgan fingerprint density at radius 1 is 0.960 bits per heavy atom. The summed E-state index contributed by atoms with van der Waals surface area (Å²) in [5.74, 6) is 1.64. The van der Waals surface area contributed by atoms with E-state index in [2.05, 4.69) is 4.98 Å².